The molecule has 6 nitrogen and oxygen atoms in total. The second-order valence-electron chi connectivity index (χ2n) is 7.17. The van der Waals surface area contributed by atoms with Gasteiger partial charge in [-0.05, 0) is 36.4 Å². The van der Waals surface area contributed by atoms with Crippen LogP contribution < -0.4 is 0 Å². The maximum Gasteiger partial charge on any atom is 0.243 e. The van der Waals surface area contributed by atoms with E-state index in [1.54, 1.807) is 28.6 Å². The van der Waals surface area contributed by atoms with Crippen LogP contribution in [0.25, 0.3) is 0 Å². The van der Waals surface area contributed by atoms with Crippen LogP contribution in [0.15, 0.2) is 40.3 Å². The topological polar surface area (TPSA) is 70.8 Å². The zero-order valence-electron chi connectivity index (χ0n) is 15.0. The third-order valence-electron chi connectivity index (χ3n) is 5.43. The Morgan fingerprint density at radius 2 is 1.85 bits per heavy atom. The van der Waals surface area contributed by atoms with Gasteiger partial charge >= 0.3 is 0 Å². The lowest BCUT2D eigenvalue weighted by Crippen LogP contribution is -2.42. The van der Waals surface area contributed by atoms with Gasteiger partial charge in [0.25, 0.3) is 0 Å². The highest BCUT2D eigenvalue weighted by atomic mass is 32.1. The fraction of sp³-hybridized carbons (Fsp3) is 0.450. The Kier molecular flexibility index (Phi) is 5.11. The van der Waals surface area contributed by atoms with Crippen LogP contribution in [-0.2, 0) is 27.5 Å². The Morgan fingerprint density at radius 1 is 1.11 bits per heavy atom. The minimum atomic E-state index is -0.236. The third kappa shape index (κ3) is 3.69. The summed E-state index contributed by atoms with van der Waals surface area (Å²) in [5.74, 6) is -0.364. The van der Waals surface area contributed by atoms with E-state index in [-0.39, 0.29) is 36.1 Å². The number of amides is 3. The van der Waals surface area contributed by atoms with E-state index in [4.69, 9.17) is 4.42 Å². The van der Waals surface area contributed by atoms with E-state index in [2.05, 4.69) is 0 Å². The average Bonchev–Trinajstić information content (AvgIpc) is 3.41. The molecule has 2 aromatic heterocycles. The highest BCUT2D eigenvalue weighted by molar-refractivity contribution is 7.09. The van der Waals surface area contributed by atoms with Crippen molar-refractivity contribution in [2.75, 3.05) is 6.54 Å². The largest absolute Gasteiger partial charge is 0.467 e. The number of nitrogens with zero attached hydrogens (tertiary/aromatic N) is 2. The van der Waals surface area contributed by atoms with Gasteiger partial charge in [0, 0.05) is 4.88 Å². The highest BCUT2D eigenvalue weighted by Gasteiger charge is 2.48. The van der Waals surface area contributed by atoms with Crippen LogP contribution in [0.5, 0.6) is 0 Å². The zero-order chi connectivity index (χ0) is 18.8. The summed E-state index contributed by atoms with van der Waals surface area (Å²) in [4.78, 5) is 42.2. The number of fused-ring (bicyclic) bond motifs is 1. The predicted octanol–water partition coefficient (Wildman–Crippen LogP) is 3.05. The molecular formula is C20H22N2O4S. The molecular weight excluding hydrogens is 364 g/mol. The molecule has 3 heterocycles. The molecule has 0 bridgehead atoms. The SMILES string of the molecule is O=C(CN1C(=O)[C@H]2CCCC[C@@H]2C1=O)N(Cc1ccco1)Cc1cccs1. The minimum absolute atomic E-state index is 0.174. The first-order chi connectivity index (χ1) is 13.1. The number of imide groups is 1. The van der Waals surface area contributed by atoms with Crippen LogP contribution >= 0.6 is 11.3 Å². The number of furan rings is 1. The predicted molar refractivity (Wildman–Crippen MR) is 99.4 cm³/mol. The Labute approximate surface area is 161 Å². The molecule has 0 N–H and O–H groups in total. The average molecular weight is 386 g/mol. The van der Waals surface area contributed by atoms with Crippen molar-refractivity contribution >= 4 is 29.1 Å². The summed E-state index contributed by atoms with van der Waals surface area (Å²) < 4.78 is 5.38. The van der Waals surface area contributed by atoms with Gasteiger partial charge in [0.2, 0.25) is 17.7 Å². The lowest BCUT2D eigenvalue weighted by molar-refractivity contribution is -0.147. The third-order valence-corrected chi connectivity index (χ3v) is 6.29. The number of hydrogen-bond donors (Lipinski definition) is 0. The van der Waals surface area contributed by atoms with E-state index in [1.807, 2.05) is 23.6 Å². The Bertz CT molecular complexity index is 755. The zero-order valence-corrected chi connectivity index (χ0v) is 15.8. The summed E-state index contributed by atoms with van der Waals surface area (Å²) in [6.07, 6.45) is 5.04. The van der Waals surface area contributed by atoms with Crippen LogP contribution in [0.1, 0.15) is 36.3 Å². The fourth-order valence-electron chi connectivity index (χ4n) is 4.04. The van der Waals surface area contributed by atoms with Crippen LogP contribution in [0, 0.1) is 11.8 Å². The van der Waals surface area contributed by atoms with Gasteiger partial charge in [-0.25, -0.2) is 0 Å². The molecule has 2 aromatic rings. The highest BCUT2D eigenvalue weighted by Crippen LogP contribution is 2.38. The quantitative estimate of drug-likeness (QED) is 0.716. The molecule has 1 saturated heterocycles. The van der Waals surface area contributed by atoms with Gasteiger partial charge in [-0.2, -0.15) is 0 Å². The van der Waals surface area contributed by atoms with Crippen molar-refractivity contribution in [2.45, 2.75) is 38.8 Å². The number of rotatable bonds is 6. The number of hydrogen-bond acceptors (Lipinski definition) is 5. The van der Waals surface area contributed by atoms with Gasteiger partial charge < -0.3 is 9.32 Å². The number of carbonyl (C=O) groups is 3. The monoisotopic (exact) mass is 386 g/mol. The standard InChI is InChI=1S/C20H22N2O4S/c23-18(13-22-19(24)16-7-1-2-8-17(16)20(22)25)21(11-14-5-3-9-26-14)12-15-6-4-10-27-15/h3-6,9-10,16-17H,1-2,7-8,11-13H2/t16-,17-/m0/s1. The van der Waals surface area contributed by atoms with Crippen molar-refractivity contribution < 1.29 is 18.8 Å². The van der Waals surface area contributed by atoms with Crippen molar-refractivity contribution in [1.82, 2.24) is 9.80 Å². The van der Waals surface area contributed by atoms with E-state index in [0.717, 1.165) is 30.6 Å². The Morgan fingerprint density at radius 3 is 2.44 bits per heavy atom. The number of likely N-dealkylation sites (tertiary alicyclic amines) is 1. The smallest absolute Gasteiger partial charge is 0.243 e. The number of thiophene rings is 1. The van der Waals surface area contributed by atoms with Crippen molar-refractivity contribution in [3.63, 3.8) is 0 Å². The van der Waals surface area contributed by atoms with E-state index >= 15 is 0 Å². The van der Waals surface area contributed by atoms with E-state index in [1.165, 1.54) is 4.90 Å². The molecule has 2 atom stereocenters. The first-order valence-corrected chi connectivity index (χ1v) is 10.2. The van der Waals surface area contributed by atoms with Gasteiger partial charge in [-0.3, -0.25) is 19.3 Å². The number of carbonyl (C=O) groups excluding carboxylic acids is 3. The lowest BCUT2D eigenvalue weighted by Gasteiger charge is -2.24. The van der Waals surface area contributed by atoms with Gasteiger partial charge in [-0.15, -0.1) is 11.3 Å². The molecule has 1 aliphatic heterocycles. The summed E-state index contributed by atoms with van der Waals surface area (Å²) in [6, 6.07) is 7.50. The molecule has 1 saturated carbocycles. The summed E-state index contributed by atoms with van der Waals surface area (Å²) >= 11 is 1.57. The van der Waals surface area contributed by atoms with Crippen LogP contribution in [-0.4, -0.2) is 34.1 Å². The maximum atomic E-state index is 13.0. The second-order valence-corrected chi connectivity index (χ2v) is 8.20. The molecule has 1 aliphatic carbocycles. The van der Waals surface area contributed by atoms with Crippen molar-refractivity contribution in [1.29, 1.82) is 0 Å². The van der Waals surface area contributed by atoms with Crippen molar-refractivity contribution in [3.8, 4) is 0 Å². The molecule has 0 unspecified atom stereocenters. The Hall–Kier alpha value is -2.41. The molecule has 142 valence electrons. The molecule has 2 fully saturated rings. The van der Waals surface area contributed by atoms with Gasteiger partial charge in [0.15, 0.2) is 0 Å². The van der Waals surface area contributed by atoms with Crippen molar-refractivity contribution in [2.24, 2.45) is 11.8 Å². The fourth-order valence-corrected chi connectivity index (χ4v) is 4.76. The van der Waals surface area contributed by atoms with E-state index in [9.17, 15) is 14.4 Å². The lowest BCUT2D eigenvalue weighted by atomic mass is 9.81. The van der Waals surface area contributed by atoms with Gasteiger partial charge in [-0.1, -0.05) is 18.9 Å². The molecule has 0 spiro atoms. The summed E-state index contributed by atoms with van der Waals surface area (Å²) in [5.41, 5.74) is 0. The second kappa shape index (κ2) is 7.68. The Balaban J connectivity index is 1.49. The van der Waals surface area contributed by atoms with Crippen LogP contribution in [0.3, 0.4) is 0 Å². The molecule has 2 aliphatic rings. The first kappa shape index (κ1) is 18.0. The normalized spacial score (nSPS) is 22.1. The maximum absolute atomic E-state index is 13.0. The molecule has 3 amide bonds. The van der Waals surface area contributed by atoms with E-state index in [0.29, 0.717) is 18.8 Å². The van der Waals surface area contributed by atoms with Crippen LogP contribution in [0.4, 0.5) is 0 Å². The van der Waals surface area contributed by atoms with Gasteiger partial charge in [0.1, 0.15) is 12.3 Å². The molecule has 7 heteroatoms. The summed E-state index contributed by atoms with van der Waals surface area (Å²) in [6.45, 7) is 0.559. The van der Waals surface area contributed by atoms with Crippen molar-refractivity contribution in [3.05, 3.63) is 46.5 Å². The molecule has 0 radical (unpaired) electrons. The van der Waals surface area contributed by atoms with Crippen LogP contribution in [0.2, 0.25) is 0 Å². The van der Waals surface area contributed by atoms with Gasteiger partial charge in [0.05, 0.1) is 31.2 Å². The summed E-state index contributed by atoms with van der Waals surface area (Å²) in [7, 11) is 0. The first-order valence-electron chi connectivity index (χ1n) is 9.31. The summed E-state index contributed by atoms with van der Waals surface area (Å²) in [5, 5.41) is 1.96. The molecule has 4 rings (SSSR count). The molecule has 27 heavy (non-hydrogen) atoms. The van der Waals surface area contributed by atoms with E-state index < -0.39 is 0 Å². The molecule has 0 aromatic carbocycles. The minimum Gasteiger partial charge on any atom is -0.467 e.